The molecule has 0 bridgehead atoms. The standard InChI is InChI=1S/C11H18O8/c1-4(2)11(17,8(15)6(13)5(3)12)9(16)7(14)10-18-19-10/h4-6,8,10,12-13,15,17H,1-3H3/t5-,6+,8+,11-/m1/s1. The summed E-state index contributed by atoms with van der Waals surface area (Å²) >= 11 is 0. The van der Waals surface area contributed by atoms with Crippen molar-refractivity contribution in [3.05, 3.63) is 0 Å². The van der Waals surface area contributed by atoms with Gasteiger partial charge in [-0.15, -0.1) is 0 Å². The summed E-state index contributed by atoms with van der Waals surface area (Å²) in [6.45, 7) is 3.95. The highest BCUT2D eigenvalue weighted by molar-refractivity contribution is 6.42. The highest BCUT2D eigenvalue weighted by Crippen LogP contribution is 2.28. The van der Waals surface area contributed by atoms with Crippen LogP contribution >= 0.6 is 0 Å². The average Bonchev–Trinajstić information content (AvgIpc) is 3.17. The van der Waals surface area contributed by atoms with Gasteiger partial charge in [0.1, 0.15) is 12.2 Å². The topological polar surface area (TPSA) is 140 Å². The number of hydrogen-bond donors (Lipinski definition) is 4. The summed E-state index contributed by atoms with van der Waals surface area (Å²) in [5, 5.41) is 39.0. The number of hydrogen-bond acceptors (Lipinski definition) is 8. The van der Waals surface area contributed by atoms with Gasteiger partial charge in [-0.05, 0) is 12.8 Å². The van der Waals surface area contributed by atoms with Crippen molar-refractivity contribution in [1.82, 2.24) is 0 Å². The van der Waals surface area contributed by atoms with Gasteiger partial charge in [-0.1, -0.05) is 13.8 Å². The molecule has 0 aromatic heterocycles. The number of carbonyl (C=O) groups is 2. The lowest BCUT2D eigenvalue weighted by Crippen LogP contribution is -2.62. The fourth-order valence-corrected chi connectivity index (χ4v) is 1.68. The number of carbonyl (C=O) groups excluding carboxylic acids is 2. The molecule has 19 heavy (non-hydrogen) atoms. The van der Waals surface area contributed by atoms with E-state index < -0.39 is 47.7 Å². The molecular formula is C11H18O8. The summed E-state index contributed by atoms with van der Waals surface area (Å²) < 4.78 is 0. The number of rotatable bonds is 7. The average molecular weight is 278 g/mol. The molecule has 0 spiro atoms. The van der Waals surface area contributed by atoms with Crippen molar-refractivity contribution in [2.24, 2.45) is 5.92 Å². The van der Waals surface area contributed by atoms with Crippen molar-refractivity contribution in [2.75, 3.05) is 0 Å². The number of Topliss-reactive ketones (excluding diaryl/α,β-unsaturated/α-hetero) is 2. The van der Waals surface area contributed by atoms with Gasteiger partial charge in [-0.2, -0.15) is 9.78 Å². The molecule has 1 fully saturated rings. The zero-order valence-corrected chi connectivity index (χ0v) is 10.8. The van der Waals surface area contributed by atoms with Crippen molar-refractivity contribution in [1.29, 1.82) is 0 Å². The highest BCUT2D eigenvalue weighted by Gasteiger charge is 2.55. The third kappa shape index (κ3) is 2.99. The first kappa shape index (κ1) is 16.2. The number of aliphatic hydroxyl groups is 4. The van der Waals surface area contributed by atoms with E-state index in [9.17, 15) is 30.0 Å². The Hall–Kier alpha value is -0.900. The second-order valence-corrected chi connectivity index (χ2v) is 4.87. The van der Waals surface area contributed by atoms with Crippen molar-refractivity contribution < 1.29 is 39.8 Å². The zero-order chi connectivity index (χ0) is 15.0. The second-order valence-electron chi connectivity index (χ2n) is 4.87. The van der Waals surface area contributed by atoms with Crippen LogP contribution in [0.3, 0.4) is 0 Å². The highest BCUT2D eigenvalue weighted by atomic mass is 17.4. The molecule has 1 rings (SSSR count). The van der Waals surface area contributed by atoms with E-state index >= 15 is 0 Å². The van der Waals surface area contributed by atoms with Gasteiger partial charge in [0.25, 0.3) is 12.1 Å². The molecule has 8 heteroatoms. The van der Waals surface area contributed by atoms with E-state index in [1.165, 1.54) is 20.8 Å². The first-order chi connectivity index (χ1) is 8.63. The first-order valence-electron chi connectivity index (χ1n) is 5.81. The van der Waals surface area contributed by atoms with Gasteiger partial charge < -0.3 is 20.4 Å². The van der Waals surface area contributed by atoms with Crippen LogP contribution in [0.4, 0.5) is 0 Å². The third-order valence-electron chi connectivity index (χ3n) is 3.14. The Kier molecular flexibility index (Phi) is 4.77. The predicted molar refractivity (Wildman–Crippen MR) is 59.5 cm³/mol. The van der Waals surface area contributed by atoms with Crippen LogP contribution in [0, 0.1) is 5.92 Å². The molecule has 1 saturated heterocycles. The van der Waals surface area contributed by atoms with Crippen molar-refractivity contribution in [2.45, 2.75) is 51.0 Å². The molecule has 1 heterocycles. The van der Waals surface area contributed by atoms with E-state index in [1.54, 1.807) is 0 Å². The maximum atomic E-state index is 11.9. The zero-order valence-electron chi connectivity index (χ0n) is 10.8. The summed E-state index contributed by atoms with van der Waals surface area (Å²) in [6.07, 6.45) is -6.59. The molecule has 4 atom stereocenters. The predicted octanol–water partition coefficient (Wildman–Crippen LogP) is -2.10. The van der Waals surface area contributed by atoms with Crippen LogP contribution in [0.1, 0.15) is 20.8 Å². The number of ketones is 2. The molecule has 0 saturated carbocycles. The van der Waals surface area contributed by atoms with Crippen LogP contribution in [-0.4, -0.2) is 62.2 Å². The molecular weight excluding hydrogens is 260 g/mol. The van der Waals surface area contributed by atoms with Crippen LogP contribution < -0.4 is 0 Å². The Morgan fingerprint density at radius 3 is 1.89 bits per heavy atom. The van der Waals surface area contributed by atoms with Crippen molar-refractivity contribution in [3.63, 3.8) is 0 Å². The van der Waals surface area contributed by atoms with Gasteiger partial charge in [-0.25, -0.2) is 0 Å². The quantitative estimate of drug-likeness (QED) is 0.236. The van der Waals surface area contributed by atoms with Crippen molar-refractivity contribution >= 4 is 11.6 Å². The lowest BCUT2D eigenvalue weighted by atomic mass is 9.77. The van der Waals surface area contributed by atoms with E-state index in [4.69, 9.17) is 0 Å². The summed E-state index contributed by atoms with van der Waals surface area (Å²) in [6, 6.07) is 0. The third-order valence-corrected chi connectivity index (χ3v) is 3.14. The minimum absolute atomic E-state index is 0.883. The molecule has 0 aromatic rings. The molecule has 8 nitrogen and oxygen atoms in total. The smallest absolute Gasteiger partial charge is 0.289 e. The van der Waals surface area contributed by atoms with E-state index in [0.29, 0.717) is 0 Å². The van der Waals surface area contributed by atoms with E-state index in [1.807, 2.05) is 0 Å². The van der Waals surface area contributed by atoms with E-state index in [0.717, 1.165) is 0 Å². The SMILES string of the molecule is CC(C)[C@](O)(C(=O)C(=O)C1OO1)[C@@H](O)[C@@H](O)[C@@H](C)O. The fourth-order valence-electron chi connectivity index (χ4n) is 1.68. The minimum Gasteiger partial charge on any atom is -0.391 e. The largest absolute Gasteiger partial charge is 0.391 e. The Balaban J connectivity index is 3.01. The van der Waals surface area contributed by atoms with Crippen LogP contribution in [0.2, 0.25) is 0 Å². The maximum absolute atomic E-state index is 11.9. The summed E-state index contributed by atoms with van der Waals surface area (Å²) in [4.78, 5) is 31.8. The monoisotopic (exact) mass is 278 g/mol. The molecule has 4 N–H and O–H groups in total. The molecule has 1 aliphatic rings. The Morgan fingerprint density at radius 1 is 1.11 bits per heavy atom. The minimum atomic E-state index is -2.54. The van der Waals surface area contributed by atoms with Gasteiger partial charge in [0.15, 0.2) is 5.60 Å². The van der Waals surface area contributed by atoms with Crippen LogP contribution in [0.25, 0.3) is 0 Å². The molecule has 0 aromatic carbocycles. The van der Waals surface area contributed by atoms with Gasteiger partial charge in [0, 0.05) is 0 Å². The van der Waals surface area contributed by atoms with Gasteiger partial charge in [0.2, 0.25) is 5.78 Å². The number of aliphatic hydroxyl groups excluding tert-OH is 3. The lowest BCUT2D eigenvalue weighted by molar-refractivity contribution is -0.183. The molecule has 0 aliphatic carbocycles. The molecule has 0 amide bonds. The van der Waals surface area contributed by atoms with E-state index in [2.05, 4.69) is 9.78 Å². The van der Waals surface area contributed by atoms with Crippen LogP contribution in [0.5, 0.6) is 0 Å². The van der Waals surface area contributed by atoms with Crippen LogP contribution in [-0.2, 0) is 19.4 Å². The molecule has 0 unspecified atom stereocenters. The molecule has 1 aliphatic heterocycles. The Morgan fingerprint density at radius 2 is 1.58 bits per heavy atom. The molecule has 0 radical (unpaired) electrons. The fraction of sp³-hybridized carbons (Fsp3) is 0.818. The second kappa shape index (κ2) is 5.61. The van der Waals surface area contributed by atoms with E-state index in [-0.39, 0.29) is 0 Å². The van der Waals surface area contributed by atoms with Gasteiger partial charge in [-0.3, -0.25) is 9.59 Å². The summed E-state index contributed by atoms with van der Waals surface area (Å²) in [5.74, 6) is -3.38. The molecule has 110 valence electrons. The van der Waals surface area contributed by atoms with Gasteiger partial charge >= 0.3 is 0 Å². The lowest BCUT2D eigenvalue weighted by Gasteiger charge is -2.37. The van der Waals surface area contributed by atoms with Crippen molar-refractivity contribution in [3.8, 4) is 0 Å². The Bertz CT molecular complexity index is 362. The van der Waals surface area contributed by atoms with Crippen LogP contribution in [0.15, 0.2) is 0 Å². The summed E-state index contributed by atoms with van der Waals surface area (Å²) in [7, 11) is 0. The Labute approximate surface area is 109 Å². The summed E-state index contributed by atoms with van der Waals surface area (Å²) in [5.41, 5.74) is -2.54. The first-order valence-corrected chi connectivity index (χ1v) is 5.81. The normalized spacial score (nSPS) is 23.6. The maximum Gasteiger partial charge on any atom is 0.289 e. The van der Waals surface area contributed by atoms with Gasteiger partial charge in [0.05, 0.1) is 6.10 Å².